The Morgan fingerprint density at radius 3 is 2.54 bits per heavy atom. The van der Waals surface area contributed by atoms with Crippen molar-refractivity contribution in [2.24, 2.45) is 11.7 Å². The van der Waals surface area contributed by atoms with Gasteiger partial charge in [-0.05, 0) is 18.6 Å². The number of nitrogens with two attached hydrogens (primary N) is 1. The lowest BCUT2D eigenvalue weighted by Crippen LogP contribution is -2.33. The number of hydrogen-bond donors (Lipinski definition) is 1. The molecular formula is C10H15N3. The highest BCUT2D eigenvalue weighted by Gasteiger charge is 2.14. The zero-order valence-electron chi connectivity index (χ0n) is 7.85. The molecule has 1 heterocycles. The molecule has 0 spiro atoms. The summed E-state index contributed by atoms with van der Waals surface area (Å²) in [5, 5.41) is 8.79. The molecule has 0 aromatic carbocycles. The standard InChI is InChI=1S/C10H15N3/c1-2-9(7-11)10(12)8-13-5-3-4-6-13/h3-6,9-10H,2,8,12H2,1H3. The SMILES string of the molecule is CCC(C#N)C(N)Cn1cccc1. The molecule has 3 nitrogen and oxygen atoms in total. The minimum Gasteiger partial charge on any atom is -0.353 e. The van der Waals surface area contributed by atoms with Gasteiger partial charge in [0.05, 0.1) is 12.0 Å². The van der Waals surface area contributed by atoms with Gasteiger partial charge in [-0.3, -0.25) is 0 Å². The molecule has 3 heteroatoms. The van der Waals surface area contributed by atoms with Gasteiger partial charge in [-0.15, -0.1) is 0 Å². The van der Waals surface area contributed by atoms with Crippen LogP contribution in [0.2, 0.25) is 0 Å². The second kappa shape index (κ2) is 4.68. The van der Waals surface area contributed by atoms with E-state index in [1.807, 2.05) is 36.0 Å². The van der Waals surface area contributed by atoms with Crippen molar-refractivity contribution in [1.82, 2.24) is 4.57 Å². The summed E-state index contributed by atoms with van der Waals surface area (Å²) in [6.07, 6.45) is 4.74. The molecule has 1 aromatic heterocycles. The Morgan fingerprint density at radius 1 is 1.46 bits per heavy atom. The van der Waals surface area contributed by atoms with Crippen LogP contribution in [0.1, 0.15) is 13.3 Å². The van der Waals surface area contributed by atoms with E-state index in [0.29, 0.717) is 0 Å². The van der Waals surface area contributed by atoms with Gasteiger partial charge in [-0.1, -0.05) is 6.92 Å². The topological polar surface area (TPSA) is 54.7 Å². The molecule has 2 N–H and O–H groups in total. The third-order valence-corrected chi connectivity index (χ3v) is 2.21. The third kappa shape index (κ3) is 2.60. The van der Waals surface area contributed by atoms with Crippen molar-refractivity contribution in [3.8, 4) is 6.07 Å². The van der Waals surface area contributed by atoms with Gasteiger partial charge in [0.2, 0.25) is 0 Å². The van der Waals surface area contributed by atoms with E-state index < -0.39 is 0 Å². The summed E-state index contributed by atoms with van der Waals surface area (Å²) in [5.74, 6) is -0.0394. The van der Waals surface area contributed by atoms with Crippen molar-refractivity contribution in [3.05, 3.63) is 24.5 Å². The van der Waals surface area contributed by atoms with E-state index in [0.717, 1.165) is 13.0 Å². The molecular weight excluding hydrogens is 162 g/mol. The normalized spacial score (nSPS) is 14.8. The molecule has 1 rings (SSSR count). The lowest BCUT2D eigenvalue weighted by atomic mass is 9.99. The van der Waals surface area contributed by atoms with Crippen LogP contribution in [0, 0.1) is 17.2 Å². The molecule has 0 amide bonds. The summed E-state index contributed by atoms with van der Waals surface area (Å²) in [4.78, 5) is 0. The Labute approximate surface area is 78.8 Å². The van der Waals surface area contributed by atoms with Crippen molar-refractivity contribution in [2.75, 3.05) is 0 Å². The summed E-state index contributed by atoms with van der Waals surface area (Å²) in [5.41, 5.74) is 5.89. The minimum atomic E-state index is -0.0672. The summed E-state index contributed by atoms with van der Waals surface area (Å²) in [6, 6.07) is 6.08. The molecule has 0 aliphatic heterocycles. The highest BCUT2D eigenvalue weighted by molar-refractivity contribution is 4.94. The first-order valence-electron chi connectivity index (χ1n) is 4.54. The van der Waals surface area contributed by atoms with Crippen LogP contribution in [-0.4, -0.2) is 10.6 Å². The fourth-order valence-corrected chi connectivity index (χ4v) is 1.35. The third-order valence-electron chi connectivity index (χ3n) is 2.21. The molecule has 0 aliphatic carbocycles. The number of hydrogen-bond acceptors (Lipinski definition) is 2. The van der Waals surface area contributed by atoms with Gasteiger partial charge in [0, 0.05) is 25.0 Å². The lowest BCUT2D eigenvalue weighted by molar-refractivity contribution is 0.440. The first kappa shape index (κ1) is 9.82. The lowest BCUT2D eigenvalue weighted by Gasteiger charge is -2.16. The van der Waals surface area contributed by atoms with Crippen molar-refractivity contribution < 1.29 is 0 Å². The number of rotatable bonds is 4. The number of nitrogens with zero attached hydrogens (tertiary/aromatic N) is 2. The van der Waals surface area contributed by atoms with Crippen LogP contribution >= 0.6 is 0 Å². The summed E-state index contributed by atoms with van der Waals surface area (Å²) >= 11 is 0. The van der Waals surface area contributed by atoms with E-state index in [-0.39, 0.29) is 12.0 Å². The Hall–Kier alpha value is -1.27. The molecule has 0 saturated heterocycles. The molecule has 0 saturated carbocycles. The predicted molar refractivity (Wildman–Crippen MR) is 51.8 cm³/mol. The largest absolute Gasteiger partial charge is 0.353 e. The van der Waals surface area contributed by atoms with Crippen LogP contribution in [0.3, 0.4) is 0 Å². The quantitative estimate of drug-likeness (QED) is 0.755. The van der Waals surface area contributed by atoms with Gasteiger partial charge in [0.25, 0.3) is 0 Å². The maximum absolute atomic E-state index is 8.79. The average molecular weight is 177 g/mol. The van der Waals surface area contributed by atoms with Crippen LogP contribution < -0.4 is 5.73 Å². The highest BCUT2D eigenvalue weighted by Crippen LogP contribution is 2.07. The van der Waals surface area contributed by atoms with Crippen LogP contribution in [0.4, 0.5) is 0 Å². The maximum Gasteiger partial charge on any atom is 0.0672 e. The molecule has 0 bridgehead atoms. The predicted octanol–water partition coefficient (Wildman–Crippen LogP) is 1.37. The molecule has 2 unspecified atom stereocenters. The fourth-order valence-electron chi connectivity index (χ4n) is 1.35. The van der Waals surface area contributed by atoms with E-state index in [2.05, 4.69) is 6.07 Å². The second-order valence-corrected chi connectivity index (χ2v) is 3.19. The van der Waals surface area contributed by atoms with E-state index in [4.69, 9.17) is 11.0 Å². The van der Waals surface area contributed by atoms with Crippen molar-refractivity contribution in [3.63, 3.8) is 0 Å². The fraction of sp³-hybridized carbons (Fsp3) is 0.500. The van der Waals surface area contributed by atoms with Gasteiger partial charge in [0.15, 0.2) is 0 Å². The van der Waals surface area contributed by atoms with Crippen LogP contribution in [-0.2, 0) is 6.54 Å². The zero-order valence-corrected chi connectivity index (χ0v) is 7.85. The van der Waals surface area contributed by atoms with Gasteiger partial charge in [-0.2, -0.15) is 5.26 Å². The van der Waals surface area contributed by atoms with Gasteiger partial charge in [-0.25, -0.2) is 0 Å². The van der Waals surface area contributed by atoms with Gasteiger partial charge in [0.1, 0.15) is 0 Å². The van der Waals surface area contributed by atoms with Gasteiger partial charge < -0.3 is 10.3 Å². The Balaban J connectivity index is 2.50. The smallest absolute Gasteiger partial charge is 0.0672 e. The highest BCUT2D eigenvalue weighted by atomic mass is 15.0. The molecule has 2 atom stereocenters. The van der Waals surface area contributed by atoms with E-state index in [1.165, 1.54) is 0 Å². The number of nitriles is 1. The average Bonchev–Trinajstić information content (AvgIpc) is 2.59. The van der Waals surface area contributed by atoms with Crippen LogP contribution in [0.25, 0.3) is 0 Å². The zero-order chi connectivity index (χ0) is 9.68. The molecule has 0 fully saturated rings. The Kier molecular flexibility index (Phi) is 3.53. The van der Waals surface area contributed by atoms with E-state index in [9.17, 15) is 0 Å². The first-order chi connectivity index (χ1) is 6.27. The van der Waals surface area contributed by atoms with Gasteiger partial charge >= 0.3 is 0 Å². The molecule has 1 aromatic rings. The molecule has 70 valence electrons. The van der Waals surface area contributed by atoms with E-state index >= 15 is 0 Å². The maximum atomic E-state index is 8.79. The second-order valence-electron chi connectivity index (χ2n) is 3.19. The summed E-state index contributed by atoms with van der Waals surface area (Å²) < 4.78 is 2.00. The molecule has 0 radical (unpaired) electrons. The van der Waals surface area contributed by atoms with Crippen molar-refractivity contribution in [1.29, 1.82) is 5.26 Å². The molecule has 0 aliphatic rings. The Morgan fingerprint density at radius 2 is 2.08 bits per heavy atom. The number of aromatic nitrogens is 1. The van der Waals surface area contributed by atoms with Crippen molar-refractivity contribution >= 4 is 0 Å². The first-order valence-corrected chi connectivity index (χ1v) is 4.54. The van der Waals surface area contributed by atoms with E-state index in [1.54, 1.807) is 0 Å². The molecule has 13 heavy (non-hydrogen) atoms. The van der Waals surface area contributed by atoms with Crippen molar-refractivity contribution in [2.45, 2.75) is 25.9 Å². The summed E-state index contributed by atoms with van der Waals surface area (Å²) in [6.45, 7) is 2.71. The Bertz CT molecular complexity index is 271. The van der Waals surface area contributed by atoms with Crippen LogP contribution in [0.15, 0.2) is 24.5 Å². The monoisotopic (exact) mass is 177 g/mol. The summed E-state index contributed by atoms with van der Waals surface area (Å²) in [7, 11) is 0. The minimum absolute atomic E-state index is 0.0394. The van der Waals surface area contributed by atoms with Crippen LogP contribution in [0.5, 0.6) is 0 Å².